The summed E-state index contributed by atoms with van der Waals surface area (Å²) in [6, 6.07) is 7.71. The maximum Gasteiger partial charge on any atom is 0.198 e. The van der Waals surface area contributed by atoms with E-state index in [0.29, 0.717) is 11.3 Å². The highest BCUT2D eigenvalue weighted by molar-refractivity contribution is 6.13. The number of ether oxygens (including phenoxy) is 1. The van der Waals surface area contributed by atoms with Crippen molar-refractivity contribution in [2.75, 3.05) is 12.8 Å². The van der Waals surface area contributed by atoms with E-state index in [1.807, 2.05) is 19.9 Å². The van der Waals surface area contributed by atoms with Gasteiger partial charge >= 0.3 is 0 Å². The number of ketones is 1. The molecule has 2 aromatic rings. The van der Waals surface area contributed by atoms with Crippen LogP contribution < -0.4 is 10.5 Å². The second-order valence-corrected chi connectivity index (χ2v) is 4.62. The summed E-state index contributed by atoms with van der Waals surface area (Å²) in [5, 5.41) is 0. The van der Waals surface area contributed by atoms with Gasteiger partial charge in [-0.2, -0.15) is 0 Å². The molecule has 0 saturated heterocycles. The number of nitrogen functional groups attached to an aromatic ring is 1. The number of halogens is 1. The summed E-state index contributed by atoms with van der Waals surface area (Å²) in [5.41, 5.74) is 7.93. The van der Waals surface area contributed by atoms with Crippen molar-refractivity contribution >= 4 is 11.5 Å². The summed E-state index contributed by atoms with van der Waals surface area (Å²) in [5.74, 6) is -0.445. The van der Waals surface area contributed by atoms with Crippen LogP contribution in [0.15, 0.2) is 30.3 Å². The van der Waals surface area contributed by atoms with Crippen molar-refractivity contribution in [1.29, 1.82) is 0 Å². The zero-order chi connectivity index (χ0) is 14.9. The van der Waals surface area contributed by atoms with Crippen molar-refractivity contribution < 1.29 is 13.9 Å². The highest BCUT2D eigenvalue weighted by atomic mass is 19.1. The van der Waals surface area contributed by atoms with Gasteiger partial charge < -0.3 is 10.5 Å². The van der Waals surface area contributed by atoms with E-state index in [4.69, 9.17) is 10.5 Å². The molecule has 0 aliphatic rings. The first-order valence-corrected chi connectivity index (χ1v) is 6.20. The minimum absolute atomic E-state index is 0.141. The second-order valence-electron chi connectivity index (χ2n) is 4.62. The predicted octanol–water partition coefficient (Wildman–Crippen LogP) is 3.26. The van der Waals surface area contributed by atoms with Crippen LogP contribution >= 0.6 is 0 Å². The number of aryl methyl sites for hydroxylation is 1. The zero-order valence-corrected chi connectivity index (χ0v) is 11.7. The lowest BCUT2D eigenvalue weighted by Gasteiger charge is -2.13. The average molecular weight is 273 g/mol. The molecular weight excluding hydrogens is 257 g/mol. The number of hydrogen-bond donors (Lipinski definition) is 1. The Kier molecular flexibility index (Phi) is 3.74. The van der Waals surface area contributed by atoms with Crippen LogP contribution in [0.25, 0.3) is 0 Å². The second kappa shape index (κ2) is 5.33. The summed E-state index contributed by atoms with van der Waals surface area (Å²) < 4.78 is 18.8. The maximum absolute atomic E-state index is 13.5. The third-order valence-electron chi connectivity index (χ3n) is 3.42. The highest BCUT2D eigenvalue weighted by Gasteiger charge is 2.20. The lowest BCUT2D eigenvalue weighted by Crippen LogP contribution is -2.09. The number of carbonyl (C=O) groups is 1. The van der Waals surface area contributed by atoms with Gasteiger partial charge in [0, 0.05) is 5.56 Å². The molecule has 0 bridgehead atoms. The number of anilines is 1. The van der Waals surface area contributed by atoms with Crippen molar-refractivity contribution in [1.82, 2.24) is 0 Å². The van der Waals surface area contributed by atoms with Gasteiger partial charge in [-0.15, -0.1) is 0 Å². The third kappa shape index (κ3) is 2.25. The van der Waals surface area contributed by atoms with Crippen LogP contribution in [0.5, 0.6) is 5.75 Å². The van der Waals surface area contributed by atoms with Crippen LogP contribution in [0.2, 0.25) is 0 Å². The predicted molar refractivity (Wildman–Crippen MR) is 76.7 cm³/mol. The number of nitrogens with two attached hydrogens (primary N) is 1. The van der Waals surface area contributed by atoms with Crippen LogP contribution in [0, 0.1) is 19.7 Å². The van der Waals surface area contributed by atoms with Gasteiger partial charge in [-0.3, -0.25) is 4.79 Å². The molecule has 0 spiro atoms. The normalized spacial score (nSPS) is 10.4. The molecule has 0 aromatic heterocycles. The highest BCUT2D eigenvalue weighted by Crippen LogP contribution is 2.29. The SMILES string of the molecule is COc1c(C(=O)c2cccc(F)c2N)ccc(C)c1C. The third-order valence-corrected chi connectivity index (χ3v) is 3.42. The first kappa shape index (κ1) is 14.1. The fraction of sp³-hybridized carbons (Fsp3) is 0.188. The van der Waals surface area contributed by atoms with E-state index >= 15 is 0 Å². The molecule has 0 saturated carbocycles. The maximum atomic E-state index is 13.5. The van der Waals surface area contributed by atoms with Crippen molar-refractivity contribution in [2.24, 2.45) is 0 Å². The van der Waals surface area contributed by atoms with Crippen molar-refractivity contribution in [3.05, 3.63) is 58.4 Å². The molecule has 0 aliphatic carbocycles. The molecule has 0 amide bonds. The summed E-state index contributed by atoms with van der Waals surface area (Å²) in [4.78, 5) is 12.5. The van der Waals surface area contributed by atoms with Crippen molar-refractivity contribution in [3.8, 4) is 5.75 Å². The lowest BCUT2D eigenvalue weighted by atomic mass is 9.96. The molecule has 0 atom stereocenters. The number of rotatable bonds is 3. The van der Waals surface area contributed by atoms with Crippen molar-refractivity contribution in [2.45, 2.75) is 13.8 Å². The van der Waals surface area contributed by atoms with E-state index in [0.717, 1.165) is 11.1 Å². The fourth-order valence-electron chi connectivity index (χ4n) is 2.11. The monoisotopic (exact) mass is 273 g/mol. The Morgan fingerprint density at radius 3 is 2.50 bits per heavy atom. The van der Waals surface area contributed by atoms with Crippen LogP contribution in [0.4, 0.5) is 10.1 Å². The smallest absolute Gasteiger partial charge is 0.198 e. The number of methoxy groups -OCH3 is 1. The molecular formula is C16H16FNO2. The van der Waals surface area contributed by atoms with E-state index in [1.165, 1.54) is 25.3 Å². The molecule has 104 valence electrons. The van der Waals surface area contributed by atoms with Gasteiger partial charge in [-0.05, 0) is 43.2 Å². The molecule has 2 aromatic carbocycles. The topological polar surface area (TPSA) is 52.3 Å². The van der Waals surface area contributed by atoms with Crippen LogP contribution in [-0.2, 0) is 0 Å². The molecule has 2 rings (SSSR count). The van der Waals surface area contributed by atoms with E-state index in [2.05, 4.69) is 0 Å². The minimum atomic E-state index is -0.598. The standard InChI is InChI=1S/C16H16FNO2/c1-9-7-8-12(16(20-3)10(9)2)15(19)11-5-4-6-13(17)14(11)18/h4-8H,18H2,1-3H3. The molecule has 2 N–H and O–H groups in total. The average Bonchev–Trinajstić information content (AvgIpc) is 2.44. The molecule has 4 heteroatoms. The Morgan fingerprint density at radius 2 is 1.85 bits per heavy atom. The summed E-state index contributed by atoms with van der Waals surface area (Å²) in [7, 11) is 1.51. The number of benzene rings is 2. The molecule has 0 radical (unpaired) electrons. The minimum Gasteiger partial charge on any atom is -0.496 e. The van der Waals surface area contributed by atoms with Gasteiger partial charge in [-0.1, -0.05) is 12.1 Å². The van der Waals surface area contributed by atoms with Crippen molar-refractivity contribution in [3.63, 3.8) is 0 Å². The van der Waals surface area contributed by atoms with Gasteiger partial charge in [0.2, 0.25) is 0 Å². The Bertz CT molecular complexity index is 680. The molecule has 3 nitrogen and oxygen atoms in total. The van der Waals surface area contributed by atoms with Gasteiger partial charge in [-0.25, -0.2) is 4.39 Å². The van der Waals surface area contributed by atoms with E-state index in [9.17, 15) is 9.18 Å². The van der Waals surface area contributed by atoms with Gasteiger partial charge in [0.25, 0.3) is 0 Å². The van der Waals surface area contributed by atoms with Crippen LogP contribution in [-0.4, -0.2) is 12.9 Å². The molecule has 0 heterocycles. The molecule has 0 fully saturated rings. The zero-order valence-electron chi connectivity index (χ0n) is 11.7. The van der Waals surface area contributed by atoms with E-state index in [1.54, 1.807) is 6.07 Å². The van der Waals surface area contributed by atoms with E-state index in [-0.39, 0.29) is 17.0 Å². The fourth-order valence-corrected chi connectivity index (χ4v) is 2.11. The Morgan fingerprint density at radius 1 is 1.15 bits per heavy atom. The summed E-state index contributed by atoms with van der Waals surface area (Å²) in [6.07, 6.45) is 0. The van der Waals surface area contributed by atoms with Gasteiger partial charge in [0.05, 0.1) is 18.4 Å². The summed E-state index contributed by atoms with van der Waals surface area (Å²) in [6.45, 7) is 3.81. The molecule has 0 aliphatic heterocycles. The lowest BCUT2D eigenvalue weighted by molar-refractivity contribution is 0.103. The van der Waals surface area contributed by atoms with Crippen LogP contribution in [0.1, 0.15) is 27.0 Å². The largest absolute Gasteiger partial charge is 0.496 e. The van der Waals surface area contributed by atoms with E-state index < -0.39 is 5.82 Å². The van der Waals surface area contributed by atoms with Gasteiger partial charge in [0.1, 0.15) is 11.6 Å². The Balaban J connectivity index is 2.60. The first-order valence-electron chi connectivity index (χ1n) is 6.20. The Hall–Kier alpha value is -2.36. The quantitative estimate of drug-likeness (QED) is 0.689. The number of para-hydroxylation sites is 1. The Labute approximate surface area is 117 Å². The molecule has 0 unspecified atom stereocenters. The molecule has 20 heavy (non-hydrogen) atoms. The van der Waals surface area contributed by atoms with Crippen LogP contribution in [0.3, 0.4) is 0 Å². The van der Waals surface area contributed by atoms with Gasteiger partial charge in [0.15, 0.2) is 5.78 Å². The number of hydrogen-bond acceptors (Lipinski definition) is 3. The summed E-state index contributed by atoms with van der Waals surface area (Å²) >= 11 is 0. The first-order chi connectivity index (χ1) is 9.47. The number of carbonyl (C=O) groups excluding carboxylic acids is 1.